The fourth-order valence-electron chi connectivity index (χ4n) is 1.19. The zero-order valence-corrected chi connectivity index (χ0v) is 10.1. The molecule has 0 fully saturated rings. The van der Waals surface area contributed by atoms with Crippen molar-refractivity contribution in [2.24, 2.45) is 11.1 Å². The number of primary amides is 1. The summed E-state index contributed by atoms with van der Waals surface area (Å²) in [6.45, 7) is 4.94. The lowest BCUT2D eigenvalue weighted by Crippen LogP contribution is -2.40. The summed E-state index contributed by atoms with van der Waals surface area (Å²) in [7, 11) is 0. The molecule has 0 aliphatic heterocycles. The third-order valence-corrected chi connectivity index (χ3v) is 2.48. The van der Waals surface area contributed by atoms with Gasteiger partial charge in [-0.3, -0.25) is 9.59 Å². The molecule has 0 aromatic heterocycles. The van der Waals surface area contributed by atoms with Crippen LogP contribution in [0.1, 0.15) is 39.5 Å². The third-order valence-electron chi connectivity index (χ3n) is 2.48. The number of amides is 1. The van der Waals surface area contributed by atoms with Gasteiger partial charge in [-0.15, -0.1) is 0 Å². The van der Waals surface area contributed by atoms with E-state index in [4.69, 9.17) is 10.8 Å². The molecule has 0 aromatic carbocycles. The molecule has 0 aliphatic carbocycles. The van der Waals surface area contributed by atoms with Gasteiger partial charge in [0.25, 0.3) is 0 Å². The summed E-state index contributed by atoms with van der Waals surface area (Å²) in [5.74, 6) is -1.06. The number of aliphatic carboxylic acids is 1. The molecule has 16 heavy (non-hydrogen) atoms. The van der Waals surface area contributed by atoms with Gasteiger partial charge >= 0.3 is 5.97 Å². The number of carbonyl (C=O) groups is 2. The summed E-state index contributed by atoms with van der Waals surface area (Å²) >= 11 is 0. The predicted molar refractivity (Wildman–Crippen MR) is 61.9 cm³/mol. The predicted octanol–water partition coefficient (Wildman–Crippen LogP) is 0.733. The highest BCUT2D eigenvalue weighted by molar-refractivity contribution is 5.80. The Morgan fingerprint density at radius 1 is 1.25 bits per heavy atom. The number of unbranched alkanes of at least 4 members (excludes halogenated alkanes) is 2. The van der Waals surface area contributed by atoms with Crippen molar-refractivity contribution in [2.45, 2.75) is 39.5 Å². The topological polar surface area (TPSA) is 92.4 Å². The monoisotopic (exact) mass is 230 g/mol. The normalized spacial score (nSPS) is 11.4. The molecular weight excluding hydrogens is 208 g/mol. The van der Waals surface area contributed by atoms with Crippen LogP contribution in [0.4, 0.5) is 0 Å². The molecule has 0 saturated heterocycles. The van der Waals surface area contributed by atoms with Crippen LogP contribution in [0.25, 0.3) is 0 Å². The van der Waals surface area contributed by atoms with Gasteiger partial charge in [0.15, 0.2) is 0 Å². The molecule has 94 valence electrons. The lowest BCUT2D eigenvalue weighted by atomic mass is 9.93. The summed E-state index contributed by atoms with van der Waals surface area (Å²) in [6.07, 6.45) is 2.74. The highest BCUT2D eigenvalue weighted by atomic mass is 16.4. The van der Waals surface area contributed by atoms with Crippen molar-refractivity contribution in [3.8, 4) is 0 Å². The second kappa shape index (κ2) is 7.22. The van der Waals surface area contributed by atoms with Gasteiger partial charge in [0.1, 0.15) is 0 Å². The number of hydrogen-bond acceptors (Lipinski definition) is 3. The first-order valence-electron chi connectivity index (χ1n) is 5.58. The zero-order chi connectivity index (χ0) is 12.6. The molecule has 0 saturated carbocycles. The number of carboxylic acids is 1. The van der Waals surface area contributed by atoms with E-state index in [0.717, 1.165) is 19.4 Å². The standard InChI is InChI=1S/C11H22N2O3/c1-11(2,10(12)16)8-13-7-5-3-4-6-9(14)15/h13H,3-8H2,1-2H3,(H2,12,16)(H,14,15). The van der Waals surface area contributed by atoms with Crippen molar-refractivity contribution in [3.63, 3.8) is 0 Å². The minimum atomic E-state index is -0.747. The molecule has 5 nitrogen and oxygen atoms in total. The van der Waals surface area contributed by atoms with Gasteiger partial charge in [0.2, 0.25) is 5.91 Å². The SMILES string of the molecule is CC(C)(CNCCCCCC(=O)O)C(N)=O. The van der Waals surface area contributed by atoms with Gasteiger partial charge in [0, 0.05) is 13.0 Å². The van der Waals surface area contributed by atoms with Gasteiger partial charge in [0.05, 0.1) is 5.41 Å². The van der Waals surface area contributed by atoms with Crippen LogP contribution >= 0.6 is 0 Å². The van der Waals surface area contributed by atoms with E-state index in [0.29, 0.717) is 13.0 Å². The summed E-state index contributed by atoms with van der Waals surface area (Å²) in [5.41, 5.74) is 4.70. The van der Waals surface area contributed by atoms with E-state index < -0.39 is 11.4 Å². The number of carbonyl (C=O) groups excluding carboxylic acids is 1. The third kappa shape index (κ3) is 7.23. The Labute approximate surface area is 96.4 Å². The number of nitrogens with one attached hydrogen (secondary N) is 1. The van der Waals surface area contributed by atoms with Crippen molar-refractivity contribution >= 4 is 11.9 Å². The summed E-state index contributed by atoms with van der Waals surface area (Å²) < 4.78 is 0. The second-order valence-electron chi connectivity index (χ2n) is 4.63. The largest absolute Gasteiger partial charge is 0.481 e. The van der Waals surface area contributed by atoms with Crippen LogP contribution in [0.5, 0.6) is 0 Å². The lowest BCUT2D eigenvalue weighted by Gasteiger charge is -2.20. The highest BCUT2D eigenvalue weighted by Crippen LogP contribution is 2.11. The van der Waals surface area contributed by atoms with E-state index in [-0.39, 0.29) is 12.3 Å². The van der Waals surface area contributed by atoms with Crippen LogP contribution in [0.3, 0.4) is 0 Å². The number of nitrogens with two attached hydrogens (primary N) is 1. The highest BCUT2D eigenvalue weighted by Gasteiger charge is 2.23. The maximum Gasteiger partial charge on any atom is 0.303 e. The minimum absolute atomic E-state index is 0.229. The Balaban J connectivity index is 3.40. The van der Waals surface area contributed by atoms with Crippen molar-refractivity contribution in [3.05, 3.63) is 0 Å². The Bertz CT molecular complexity index is 239. The average Bonchev–Trinajstić information content (AvgIpc) is 2.15. The van der Waals surface area contributed by atoms with E-state index in [1.54, 1.807) is 13.8 Å². The Kier molecular flexibility index (Phi) is 6.72. The molecule has 0 unspecified atom stereocenters. The van der Waals surface area contributed by atoms with E-state index >= 15 is 0 Å². The fraction of sp³-hybridized carbons (Fsp3) is 0.818. The molecule has 0 heterocycles. The Hall–Kier alpha value is -1.10. The van der Waals surface area contributed by atoms with Crippen LogP contribution in [0.2, 0.25) is 0 Å². The van der Waals surface area contributed by atoms with Crippen molar-refractivity contribution in [2.75, 3.05) is 13.1 Å². The molecule has 0 aromatic rings. The van der Waals surface area contributed by atoms with Crippen LogP contribution in [0, 0.1) is 5.41 Å². The van der Waals surface area contributed by atoms with Crippen LogP contribution < -0.4 is 11.1 Å². The Morgan fingerprint density at radius 3 is 2.38 bits per heavy atom. The number of rotatable bonds is 9. The van der Waals surface area contributed by atoms with Gasteiger partial charge in [-0.1, -0.05) is 6.42 Å². The van der Waals surface area contributed by atoms with E-state index in [1.165, 1.54) is 0 Å². The number of carboxylic acid groups (broad SMARTS) is 1. The first kappa shape index (κ1) is 14.9. The summed E-state index contributed by atoms with van der Waals surface area (Å²) in [5, 5.41) is 11.6. The molecule has 0 bridgehead atoms. The molecule has 1 amide bonds. The van der Waals surface area contributed by atoms with E-state index in [1.807, 2.05) is 0 Å². The molecule has 0 spiro atoms. The smallest absolute Gasteiger partial charge is 0.303 e. The zero-order valence-electron chi connectivity index (χ0n) is 10.1. The molecule has 0 atom stereocenters. The van der Waals surface area contributed by atoms with Gasteiger partial charge in [-0.05, 0) is 33.2 Å². The van der Waals surface area contributed by atoms with Crippen LogP contribution in [0.15, 0.2) is 0 Å². The van der Waals surface area contributed by atoms with Crippen LogP contribution in [-0.4, -0.2) is 30.1 Å². The minimum Gasteiger partial charge on any atom is -0.481 e. The second-order valence-corrected chi connectivity index (χ2v) is 4.63. The van der Waals surface area contributed by atoms with Gasteiger partial charge in [-0.25, -0.2) is 0 Å². The molecule has 0 radical (unpaired) electrons. The van der Waals surface area contributed by atoms with E-state index in [2.05, 4.69) is 5.32 Å². The van der Waals surface area contributed by atoms with E-state index in [9.17, 15) is 9.59 Å². The first-order chi connectivity index (χ1) is 7.36. The quantitative estimate of drug-likeness (QED) is 0.509. The maximum atomic E-state index is 11.0. The lowest BCUT2D eigenvalue weighted by molar-refractivity contribution is -0.137. The fourth-order valence-corrected chi connectivity index (χ4v) is 1.19. The molecule has 5 heteroatoms. The molecule has 4 N–H and O–H groups in total. The maximum absolute atomic E-state index is 11.0. The van der Waals surface area contributed by atoms with Gasteiger partial charge < -0.3 is 16.2 Å². The van der Waals surface area contributed by atoms with Crippen LogP contribution in [-0.2, 0) is 9.59 Å². The summed E-state index contributed by atoms with van der Waals surface area (Å²) in [4.78, 5) is 21.2. The van der Waals surface area contributed by atoms with Crippen molar-refractivity contribution < 1.29 is 14.7 Å². The summed E-state index contributed by atoms with van der Waals surface area (Å²) in [6, 6.07) is 0. The van der Waals surface area contributed by atoms with Crippen molar-refractivity contribution in [1.82, 2.24) is 5.32 Å². The average molecular weight is 230 g/mol. The molecular formula is C11H22N2O3. The Morgan fingerprint density at radius 2 is 1.88 bits per heavy atom. The van der Waals surface area contributed by atoms with Crippen molar-refractivity contribution in [1.29, 1.82) is 0 Å². The number of hydrogen-bond donors (Lipinski definition) is 3. The molecule has 0 rings (SSSR count). The molecule has 0 aliphatic rings. The van der Waals surface area contributed by atoms with Gasteiger partial charge in [-0.2, -0.15) is 0 Å². The first-order valence-corrected chi connectivity index (χ1v) is 5.58.